The maximum atomic E-state index is 12.8. The van der Waals surface area contributed by atoms with E-state index < -0.39 is 0 Å². The second kappa shape index (κ2) is 12.3. The van der Waals surface area contributed by atoms with Crippen molar-refractivity contribution < 1.29 is 9.59 Å². The summed E-state index contributed by atoms with van der Waals surface area (Å²) in [5.74, 6) is 1.31. The van der Waals surface area contributed by atoms with Crippen molar-refractivity contribution in [3.63, 3.8) is 0 Å². The molecule has 2 aliphatic rings. The van der Waals surface area contributed by atoms with Gasteiger partial charge in [-0.05, 0) is 37.0 Å². The van der Waals surface area contributed by atoms with Crippen molar-refractivity contribution in [3.8, 4) is 0 Å². The van der Waals surface area contributed by atoms with Crippen LogP contribution in [-0.2, 0) is 11.3 Å². The van der Waals surface area contributed by atoms with Crippen LogP contribution in [0.15, 0.2) is 29.3 Å². The molecule has 1 aromatic rings. The van der Waals surface area contributed by atoms with Crippen LogP contribution < -0.4 is 10.6 Å². The number of guanidine groups is 1. The largest absolute Gasteiger partial charge is 0.352 e. The predicted octanol–water partition coefficient (Wildman–Crippen LogP) is 2.85. The maximum absolute atomic E-state index is 12.8. The van der Waals surface area contributed by atoms with Crippen molar-refractivity contribution in [2.75, 3.05) is 34.2 Å². The Labute approximate surface area is 203 Å². The Kier molecular flexibility index (Phi) is 10.1. The van der Waals surface area contributed by atoms with Crippen molar-refractivity contribution in [1.82, 2.24) is 20.4 Å². The number of nitrogens with zero attached hydrogens (tertiary/aromatic N) is 3. The summed E-state index contributed by atoms with van der Waals surface area (Å²) >= 11 is 0. The highest BCUT2D eigenvalue weighted by Gasteiger charge is 2.31. The minimum Gasteiger partial charge on any atom is -0.352 e. The molecule has 2 amide bonds. The highest BCUT2D eigenvalue weighted by molar-refractivity contribution is 14.0. The SMILES string of the molecule is CN=C(NCc1ccc(C(=O)N(C)C)cc1)NC1CCN(C(=O)C2CCCCC2)C1.I. The molecule has 2 fully saturated rings. The van der Waals surface area contributed by atoms with Gasteiger partial charge >= 0.3 is 0 Å². The van der Waals surface area contributed by atoms with Gasteiger partial charge in [-0.25, -0.2) is 0 Å². The first kappa shape index (κ1) is 25.4. The Morgan fingerprint density at radius 2 is 1.77 bits per heavy atom. The van der Waals surface area contributed by atoms with Crippen LogP contribution in [0, 0.1) is 5.92 Å². The van der Waals surface area contributed by atoms with E-state index in [4.69, 9.17) is 0 Å². The van der Waals surface area contributed by atoms with Gasteiger partial charge in [0.1, 0.15) is 0 Å². The number of hydrogen-bond acceptors (Lipinski definition) is 3. The summed E-state index contributed by atoms with van der Waals surface area (Å²) in [5, 5.41) is 6.78. The highest BCUT2D eigenvalue weighted by atomic mass is 127. The summed E-state index contributed by atoms with van der Waals surface area (Å²) in [5.41, 5.74) is 1.76. The van der Waals surface area contributed by atoms with Crippen molar-refractivity contribution in [1.29, 1.82) is 0 Å². The van der Waals surface area contributed by atoms with Gasteiger partial charge in [0, 0.05) is 58.3 Å². The van der Waals surface area contributed by atoms with Crippen molar-refractivity contribution in [3.05, 3.63) is 35.4 Å². The molecule has 0 bridgehead atoms. The third kappa shape index (κ3) is 7.08. The molecule has 31 heavy (non-hydrogen) atoms. The van der Waals surface area contributed by atoms with Gasteiger partial charge in [0.25, 0.3) is 5.91 Å². The average Bonchev–Trinajstić information content (AvgIpc) is 3.25. The second-order valence-electron chi connectivity index (χ2n) is 8.57. The summed E-state index contributed by atoms with van der Waals surface area (Å²) in [6.45, 7) is 2.19. The van der Waals surface area contributed by atoms with Gasteiger partial charge in [-0.3, -0.25) is 14.6 Å². The van der Waals surface area contributed by atoms with Crippen LogP contribution in [0.25, 0.3) is 0 Å². The van der Waals surface area contributed by atoms with Crippen LogP contribution in [0.1, 0.15) is 54.4 Å². The van der Waals surface area contributed by atoms with Gasteiger partial charge in [0.05, 0.1) is 0 Å². The third-order valence-corrected chi connectivity index (χ3v) is 6.09. The van der Waals surface area contributed by atoms with E-state index in [0.29, 0.717) is 18.0 Å². The Morgan fingerprint density at radius 3 is 2.39 bits per heavy atom. The molecule has 7 nitrogen and oxygen atoms in total. The number of halogens is 1. The third-order valence-electron chi connectivity index (χ3n) is 6.09. The molecule has 1 unspecified atom stereocenters. The lowest BCUT2D eigenvalue weighted by atomic mass is 9.88. The summed E-state index contributed by atoms with van der Waals surface area (Å²) in [4.78, 5) is 32.7. The molecule has 1 aliphatic heterocycles. The maximum Gasteiger partial charge on any atom is 0.253 e. The van der Waals surface area contributed by atoms with E-state index in [-0.39, 0.29) is 41.8 Å². The normalized spacial score (nSPS) is 19.5. The van der Waals surface area contributed by atoms with Crippen LogP contribution in [0.5, 0.6) is 0 Å². The van der Waals surface area contributed by atoms with Crippen LogP contribution in [0.3, 0.4) is 0 Å². The smallest absolute Gasteiger partial charge is 0.253 e. The Hall–Kier alpha value is -1.84. The average molecular weight is 541 g/mol. The quantitative estimate of drug-likeness (QED) is 0.342. The van der Waals surface area contributed by atoms with Crippen molar-refractivity contribution in [2.24, 2.45) is 10.9 Å². The van der Waals surface area contributed by atoms with E-state index in [1.807, 2.05) is 29.2 Å². The first-order valence-corrected chi connectivity index (χ1v) is 11.0. The molecule has 0 aromatic heterocycles. The molecule has 1 saturated carbocycles. The Morgan fingerprint density at radius 1 is 1.10 bits per heavy atom. The van der Waals surface area contributed by atoms with Crippen LogP contribution >= 0.6 is 24.0 Å². The number of aliphatic imine (C=N–C) groups is 1. The van der Waals surface area contributed by atoms with E-state index in [0.717, 1.165) is 43.9 Å². The molecule has 1 heterocycles. The molecule has 3 rings (SSSR count). The minimum absolute atomic E-state index is 0. The molecule has 1 aromatic carbocycles. The lowest BCUT2D eigenvalue weighted by Crippen LogP contribution is -2.45. The molecule has 1 saturated heterocycles. The number of hydrogen-bond donors (Lipinski definition) is 2. The molecule has 0 spiro atoms. The zero-order valence-electron chi connectivity index (χ0n) is 18.9. The zero-order valence-corrected chi connectivity index (χ0v) is 21.2. The van der Waals surface area contributed by atoms with Crippen LogP contribution in [0.4, 0.5) is 0 Å². The minimum atomic E-state index is 0. The lowest BCUT2D eigenvalue weighted by molar-refractivity contribution is -0.135. The zero-order chi connectivity index (χ0) is 21.5. The van der Waals surface area contributed by atoms with Crippen molar-refractivity contribution in [2.45, 2.75) is 51.1 Å². The predicted molar refractivity (Wildman–Crippen MR) is 135 cm³/mol. The molecule has 1 atom stereocenters. The lowest BCUT2D eigenvalue weighted by Gasteiger charge is -2.26. The number of carbonyl (C=O) groups is 2. The molecule has 0 radical (unpaired) electrons. The fourth-order valence-corrected chi connectivity index (χ4v) is 4.28. The van der Waals surface area contributed by atoms with Gasteiger partial charge < -0.3 is 20.4 Å². The van der Waals surface area contributed by atoms with Crippen LogP contribution in [-0.4, -0.2) is 67.8 Å². The Balaban J connectivity index is 0.00000341. The summed E-state index contributed by atoms with van der Waals surface area (Å²) < 4.78 is 0. The standard InChI is InChI=1S/C23H35N5O2.HI/c1-24-23(25-15-17-9-11-19(12-10-17)21(29)27(2)3)26-20-13-14-28(16-20)22(30)18-7-5-4-6-8-18;/h9-12,18,20H,4-8,13-16H2,1-3H3,(H2,24,25,26);1H. The molecular weight excluding hydrogens is 505 g/mol. The monoisotopic (exact) mass is 541 g/mol. The van der Waals surface area contributed by atoms with Gasteiger partial charge in [0.15, 0.2) is 5.96 Å². The number of carbonyl (C=O) groups excluding carboxylic acids is 2. The van der Waals surface area contributed by atoms with E-state index in [1.54, 1.807) is 26.0 Å². The summed E-state index contributed by atoms with van der Waals surface area (Å²) in [7, 11) is 5.26. The summed E-state index contributed by atoms with van der Waals surface area (Å²) in [6, 6.07) is 7.83. The van der Waals surface area contributed by atoms with E-state index in [9.17, 15) is 9.59 Å². The van der Waals surface area contributed by atoms with Gasteiger partial charge in [-0.1, -0.05) is 31.4 Å². The van der Waals surface area contributed by atoms with E-state index in [1.165, 1.54) is 19.3 Å². The number of rotatable bonds is 5. The first-order chi connectivity index (χ1) is 14.5. The number of amides is 2. The van der Waals surface area contributed by atoms with Crippen molar-refractivity contribution >= 4 is 41.8 Å². The molecule has 8 heteroatoms. The number of benzene rings is 1. The van der Waals surface area contributed by atoms with Gasteiger partial charge in [-0.2, -0.15) is 0 Å². The topological polar surface area (TPSA) is 77.0 Å². The fraction of sp³-hybridized carbons (Fsp3) is 0.609. The van der Waals surface area contributed by atoms with Crippen LogP contribution in [0.2, 0.25) is 0 Å². The molecular formula is C23H36IN5O2. The fourth-order valence-electron chi connectivity index (χ4n) is 4.28. The number of nitrogens with one attached hydrogen (secondary N) is 2. The van der Waals surface area contributed by atoms with E-state index in [2.05, 4.69) is 15.6 Å². The second-order valence-corrected chi connectivity index (χ2v) is 8.57. The molecule has 1 aliphatic carbocycles. The first-order valence-electron chi connectivity index (χ1n) is 11.0. The molecule has 2 N–H and O–H groups in total. The van der Waals surface area contributed by atoms with E-state index >= 15 is 0 Å². The van der Waals surface area contributed by atoms with Gasteiger partial charge in [0.2, 0.25) is 5.91 Å². The highest BCUT2D eigenvalue weighted by Crippen LogP contribution is 2.26. The molecule has 172 valence electrons. The summed E-state index contributed by atoms with van der Waals surface area (Å²) in [6.07, 6.45) is 6.69. The van der Waals surface area contributed by atoms with Gasteiger partial charge in [-0.15, -0.1) is 24.0 Å². The number of likely N-dealkylation sites (tertiary alicyclic amines) is 1. The Bertz CT molecular complexity index is 760.